The average Bonchev–Trinajstić information content (AvgIpc) is 2.63. The fraction of sp³-hybridized carbons (Fsp3) is 0.429. The first kappa shape index (κ1) is 18.5. The molecule has 1 N–H and O–H groups in total. The summed E-state index contributed by atoms with van der Waals surface area (Å²) in [6, 6.07) is 6.07. The van der Waals surface area contributed by atoms with Crippen LogP contribution in [0.5, 0.6) is 0 Å². The molecule has 0 aliphatic carbocycles. The van der Waals surface area contributed by atoms with E-state index in [2.05, 4.69) is 39.3 Å². The van der Waals surface area contributed by atoms with E-state index in [0.29, 0.717) is 13.0 Å². The lowest BCUT2D eigenvalue weighted by atomic mass is 9.98. The first-order chi connectivity index (χ1) is 12.6. The summed E-state index contributed by atoms with van der Waals surface area (Å²) in [7, 11) is 1.86. The quantitative estimate of drug-likeness (QED) is 0.868. The molecule has 4 nitrogen and oxygen atoms in total. The zero-order valence-electron chi connectivity index (χ0n) is 15.8. The van der Waals surface area contributed by atoms with Crippen molar-refractivity contribution in [2.75, 3.05) is 32.0 Å². The van der Waals surface area contributed by atoms with Crippen molar-refractivity contribution in [3.63, 3.8) is 0 Å². The van der Waals surface area contributed by atoms with Crippen LogP contribution in [0, 0.1) is 6.92 Å². The van der Waals surface area contributed by atoms with Gasteiger partial charge in [-0.3, -0.25) is 9.88 Å². The van der Waals surface area contributed by atoms with Crippen LogP contribution in [0.4, 0.5) is 10.2 Å². The van der Waals surface area contributed by atoms with Crippen LogP contribution in [0.1, 0.15) is 31.0 Å². The van der Waals surface area contributed by atoms with Crippen molar-refractivity contribution >= 4 is 11.9 Å². The predicted octanol–water partition coefficient (Wildman–Crippen LogP) is 4.33. The zero-order valence-corrected chi connectivity index (χ0v) is 15.8. The van der Waals surface area contributed by atoms with Gasteiger partial charge in [-0.1, -0.05) is 11.6 Å². The number of hydrogen-bond donors (Lipinski definition) is 1. The number of halogens is 1. The Morgan fingerprint density at radius 1 is 1.35 bits per heavy atom. The third kappa shape index (κ3) is 4.47. The molecule has 0 aromatic carbocycles. The molecule has 0 bridgehead atoms. The van der Waals surface area contributed by atoms with Crippen molar-refractivity contribution < 1.29 is 4.39 Å². The maximum absolute atomic E-state index is 13.6. The van der Waals surface area contributed by atoms with Crippen molar-refractivity contribution in [2.24, 2.45) is 0 Å². The molecule has 0 saturated carbocycles. The molecular formula is C21H27FN4. The molecule has 0 radical (unpaired) electrons. The van der Waals surface area contributed by atoms with Crippen molar-refractivity contribution in [3.8, 4) is 11.1 Å². The van der Waals surface area contributed by atoms with E-state index in [1.165, 1.54) is 5.57 Å². The van der Waals surface area contributed by atoms with Gasteiger partial charge in [0.05, 0.1) is 0 Å². The van der Waals surface area contributed by atoms with Gasteiger partial charge in [0, 0.05) is 49.4 Å². The van der Waals surface area contributed by atoms with E-state index in [-0.39, 0.29) is 0 Å². The fourth-order valence-corrected chi connectivity index (χ4v) is 3.50. The number of piperidine rings is 1. The van der Waals surface area contributed by atoms with Gasteiger partial charge in [-0.15, -0.1) is 0 Å². The lowest BCUT2D eigenvalue weighted by molar-refractivity contribution is 0.148. The van der Waals surface area contributed by atoms with Crippen LogP contribution in [0.15, 0.2) is 36.2 Å². The summed E-state index contributed by atoms with van der Waals surface area (Å²) in [6.45, 7) is 6.45. The zero-order chi connectivity index (χ0) is 18.5. The number of alkyl halides is 1. The van der Waals surface area contributed by atoms with E-state index in [9.17, 15) is 4.39 Å². The highest BCUT2D eigenvalue weighted by atomic mass is 19.1. The smallest absolute Gasteiger partial charge is 0.125 e. The first-order valence-corrected chi connectivity index (χ1v) is 9.20. The Kier molecular flexibility index (Phi) is 5.99. The van der Waals surface area contributed by atoms with Gasteiger partial charge in [0.1, 0.15) is 12.0 Å². The van der Waals surface area contributed by atoms with Crippen LogP contribution in [0.25, 0.3) is 17.2 Å². The first-order valence-electron chi connectivity index (χ1n) is 9.20. The minimum atomic E-state index is -0.691. The monoisotopic (exact) mass is 354 g/mol. The second-order valence-electron chi connectivity index (χ2n) is 7.01. The van der Waals surface area contributed by atoms with Crippen molar-refractivity contribution in [1.82, 2.24) is 14.9 Å². The number of hydrogen-bond acceptors (Lipinski definition) is 4. The lowest BCUT2D eigenvalue weighted by Crippen LogP contribution is -2.37. The minimum absolute atomic E-state index is 0.541. The van der Waals surface area contributed by atoms with Gasteiger partial charge in [-0.25, -0.2) is 9.37 Å². The molecule has 5 heteroatoms. The molecule has 3 heterocycles. The summed E-state index contributed by atoms with van der Waals surface area (Å²) >= 11 is 0. The summed E-state index contributed by atoms with van der Waals surface area (Å²) in [4.78, 5) is 11.1. The Morgan fingerprint density at radius 2 is 2.19 bits per heavy atom. The van der Waals surface area contributed by atoms with Gasteiger partial charge in [-0.2, -0.15) is 0 Å². The molecule has 1 aliphatic heterocycles. The Hall–Kier alpha value is -2.27. The maximum atomic E-state index is 13.6. The number of likely N-dealkylation sites (tertiary alicyclic amines) is 1. The van der Waals surface area contributed by atoms with Gasteiger partial charge < -0.3 is 5.32 Å². The van der Waals surface area contributed by atoms with Crippen LogP contribution < -0.4 is 5.32 Å². The number of aromatic nitrogens is 2. The van der Waals surface area contributed by atoms with Crippen LogP contribution >= 0.6 is 0 Å². The largest absolute Gasteiger partial charge is 0.373 e. The van der Waals surface area contributed by atoms with E-state index in [1.807, 2.05) is 38.5 Å². The van der Waals surface area contributed by atoms with Crippen LogP contribution in [-0.2, 0) is 0 Å². The summed E-state index contributed by atoms with van der Waals surface area (Å²) < 4.78 is 13.6. The van der Waals surface area contributed by atoms with Gasteiger partial charge in [0.25, 0.3) is 0 Å². The Balaban J connectivity index is 1.86. The van der Waals surface area contributed by atoms with Crippen molar-refractivity contribution in [3.05, 3.63) is 47.4 Å². The number of nitrogens with one attached hydrogen (secondary N) is 1. The number of rotatable bonds is 5. The van der Waals surface area contributed by atoms with E-state index in [4.69, 9.17) is 0 Å². The molecular weight excluding hydrogens is 327 g/mol. The van der Waals surface area contributed by atoms with E-state index in [1.54, 1.807) is 0 Å². The topological polar surface area (TPSA) is 41.1 Å². The fourth-order valence-electron chi connectivity index (χ4n) is 3.50. The molecule has 1 saturated heterocycles. The SMILES string of the molecule is CNc1ccc(-c2ccnc(C)c2/C=C(\C)CN2CCCC(F)C2)cn1. The molecule has 0 spiro atoms. The summed E-state index contributed by atoms with van der Waals surface area (Å²) in [6.07, 6.45) is 6.85. The number of pyridine rings is 2. The van der Waals surface area contributed by atoms with Gasteiger partial charge in [0.15, 0.2) is 0 Å². The molecule has 0 amide bonds. The molecule has 1 fully saturated rings. The van der Waals surface area contributed by atoms with Crippen LogP contribution in [0.2, 0.25) is 0 Å². The minimum Gasteiger partial charge on any atom is -0.373 e. The number of anilines is 1. The molecule has 138 valence electrons. The summed E-state index contributed by atoms with van der Waals surface area (Å²) in [5, 5.41) is 3.04. The van der Waals surface area contributed by atoms with E-state index >= 15 is 0 Å². The highest BCUT2D eigenvalue weighted by Crippen LogP contribution is 2.27. The van der Waals surface area contributed by atoms with Crippen LogP contribution in [0.3, 0.4) is 0 Å². The molecule has 26 heavy (non-hydrogen) atoms. The van der Waals surface area contributed by atoms with Crippen LogP contribution in [-0.4, -0.2) is 47.7 Å². The average molecular weight is 354 g/mol. The van der Waals surface area contributed by atoms with E-state index < -0.39 is 6.17 Å². The Morgan fingerprint density at radius 3 is 2.88 bits per heavy atom. The summed E-state index contributed by atoms with van der Waals surface area (Å²) in [5.41, 5.74) is 5.50. The maximum Gasteiger partial charge on any atom is 0.125 e. The highest BCUT2D eigenvalue weighted by Gasteiger charge is 2.19. The molecule has 2 aromatic heterocycles. The van der Waals surface area contributed by atoms with Gasteiger partial charge in [0.2, 0.25) is 0 Å². The second kappa shape index (κ2) is 8.41. The summed E-state index contributed by atoms with van der Waals surface area (Å²) in [5.74, 6) is 0.846. The number of aryl methyl sites for hydroxylation is 1. The normalized spacial score (nSPS) is 18.8. The van der Waals surface area contributed by atoms with E-state index in [0.717, 1.165) is 47.7 Å². The molecule has 3 rings (SSSR count). The Bertz CT molecular complexity index is 770. The third-order valence-electron chi connectivity index (χ3n) is 4.83. The number of nitrogens with zero attached hydrogens (tertiary/aromatic N) is 3. The molecule has 2 aromatic rings. The van der Waals surface area contributed by atoms with Crippen molar-refractivity contribution in [2.45, 2.75) is 32.9 Å². The molecule has 1 unspecified atom stereocenters. The lowest BCUT2D eigenvalue weighted by Gasteiger charge is -2.29. The Labute approximate surface area is 155 Å². The highest BCUT2D eigenvalue weighted by molar-refractivity contribution is 5.76. The second-order valence-corrected chi connectivity index (χ2v) is 7.01. The third-order valence-corrected chi connectivity index (χ3v) is 4.83. The van der Waals surface area contributed by atoms with Crippen molar-refractivity contribution in [1.29, 1.82) is 0 Å². The van der Waals surface area contributed by atoms with Gasteiger partial charge >= 0.3 is 0 Å². The predicted molar refractivity (Wildman–Crippen MR) is 106 cm³/mol. The molecule has 1 atom stereocenters. The molecule has 1 aliphatic rings. The standard InChI is InChI=1S/C21H27FN4/c1-15(13-26-10-4-5-18(22)14-26)11-20-16(2)24-9-8-19(20)17-6-7-21(23-3)25-12-17/h6-9,11-12,18H,4-5,10,13-14H2,1-3H3,(H,23,25)/b15-11+. The van der Waals surface area contributed by atoms with Gasteiger partial charge in [-0.05, 0) is 57.0 Å².